The highest BCUT2D eigenvalue weighted by atomic mass is 16.6. The number of carboxylic acids is 1. The first kappa shape index (κ1) is 38.0. The van der Waals surface area contributed by atoms with Crippen molar-refractivity contribution >= 4 is 23.4 Å². The molecule has 1 rings (SSSR count). The predicted molar refractivity (Wildman–Crippen MR) is 158 cm³/mol. The Morgan fingerprint density at radius 1 is 0.595 bits per heavy atom. The maximum atomic E-state index is 12.5. The molecule has 1 aliphatic rings. The highest BCUT2D eigenvalue weighted by molar-refractivity contribution is 5.82. The third-order valence-electron chi connectivity index (χ3n) is 6.77. The van der Waals surface area contributed by atoms with E-state index in [2.05, 4.69) is 5.32 Å². The number of Topliss-reactive ketones (excluding diaryl/α,β-unsaturated/α-hetero) is 2. The molecular weight excluding hydrogens is 548 g/mol. The van der Waals surface area contributed by atoms with Gasteiger partial charge in [-0.25, -0.2) is 0 Å². The minimum absolute atomic E-state index is 0.0388. The summed E-state index contributed by atoms with van der Waals surface area (Å²) in [7, 11) is 0. The summed E-state index contributed by atoms with van der Waals surface area (Å²) in [4.78, 5) is 53.5. The Morgan fingerprint density at radius 2 is 1.00 bits per heavy atom. The van der Waals surface area contributed by atoms with Gasteiger partial charge in [0.25, 0.3) is 0 Å². The number of carbonyl (C=O) groups is 4. The zero-order valence-corrected chi connectivity index (χ0v) is 26.1. The normalized spacial score (nSPS) is 15.9. The van der Waals surface area contributed by atoms with Crippen molar-refractivity contribution in [2.45, 2.75) is 34.1 Å². The lowest BCUT2D eigenvalue weighted by atomic mass is 10.1. The Morgan fingerprint density at radius 3 is 1.45 bits per heavy atom. The number of rotatable bonds is 23. The van der Waals surface area contributed by atoms with Crippen LogP contribution in [0.3, 0.4) is 0 Å². The number of carbonyl (C=O) groups excluding carboxylic acids is 3. The lowest BCUT2D eigenvalue weighted by Crippen LogP contribution is -2.44. The minimum Gasteiger partial charge on any atom is -0.480 e. The van der Waals surface area contributed by atoms with E-state index < -0.39 is 5.97 Å². The van der Waals surface area contributed by atoms with Crippen LogP contribution >= 0.6 is 0 Å². The summed E-state index contributed by atoms with van der Waals surface area (Å²) >= 11 is 0. The van der Waals surface area contributed by atoms with Crippen LogP contribution in [0.4, 0.5) is 0 Å². The average molecular weight is 603 g/mol. The molecule has 13 heteroatoms. The van der Waals surface area contributed by atoms with E-state index in [4.69, 9.17) is 18.9 Å². The second kappa shape index (κ2) is 23.5. The lowest BCUT2D eigenvalue weighted by molar-refractivity contribution is -0.138. The van der Waals surface area contributed by atoms with Crippen LogP contribution in [-0.2, 0) is 38.1 Å². The molecule has 0 atom stereocenters. The number of ether oxygens (including phenoxy) is 4. The van der Waals surface area contributed by atoms with Crippen molar-refractivity contribution in [3.05, 3.63) is 0 Å². The molecule has 2 N–H and O–H groups in total. The minimum atomic E-state index is -0.893. The van der Waals surface area contributed by atoms with Gasteiger partial charge < -0.3 is 29.4 Å². The molecule has 1 saturated heterocycles. The number of hydrogen-bond acceptors (Lipinski definition) is 11. The lowest BCUT2D eigenvalue weighted by Gasteiger charge is -2.25. The first-order valence-electron chi connectivity index (χ1n) is 15.1. The van der Waals surface area contributed by atoms with Gasteiger partial charge in [0, 0.05) is 64.1 Å². The summed E-state index contributed by atoms with van der Waals surface area (Å²) in [6.45, 7) is 15.2. The smallest absolute Gasteiger partial charge is 0.317 e. The second-order valence-corrected chi connectivity index (χ2v) is 11.0. The van der Waals surface area contributed by atoms with Gasteiger partial charge in [-0.1, -0.05) is 27.7 Å². The fourth-order valence-corrected chi connectivity index (χ4v) is 4.00. The van der Waals surface area contributed by atoms with Gasteiger partial charge in [-0.2, -0.15) is 0 Å². The molecule has 1 aliphatic heterocycles. The largest absolute Gasteiger partial charge is 0.480 e. The fourth-order valence-electron chi connectivity index (χ4n) is 4.00. The topological polar surface area (TPSA) is 147 Å². The molecule has 244 valence electrons. The molecule has 0 unspecified atom stereocenters. The Balaban J connectivity index is 2.16. The number of aliphatic carboxylic acids is 1. The van der Waals surface area contributed by atoms with Gasteiger partial charge in [-0.3, -0.25) is 33.9 Å². The quantitative estimate of drug-likeness (QED) is 0.152. The van der Waals surface area contributed by atoms with Crippen LogP contribution in [0.2, 0.25) is 0 Å². The molecule has 0 aromatic rings. The summed E-state index contributed by atoms with van der Waals surface area (Å²) in [5.41, 5.74) is 0. The van der Waals surface area contributed by atoms with Crippen molar-refractivity contribution in [3.63, 3.8) is 0 Å². The molecule has 1 fully saturated rings. The van der Waals surface area contributed by atoms with Gasteiger partial charge in [0.2, 0.25) is 5.91 Å². The van der Waals surface area contributed by atoms with Crippen molar-refractivity contribution in [3.8, 4) is 0 Å². The average Bonchev–Trinajstić information content (AvgIpc) is 3.01. The zero-order valence-electron chi connectivity index (χ0n) is 26.1. The Kier molecular flexibility index (Phi) is 21.2. The van der Waals surface area contributed by atoms with Gasteiger partial charge in [0.1, 0.15) is 11.6 Å². The predicted octanol–water partition coefficient (Wildman–Crippen LogP) is 0.0135. The Bertz CT molecular complexity index is 782. The summed E-state index contributed by atoms with van der Waals surface area (Å²) in [5.74, 6) is -0.697. The van der Waals surface area contributed by atoms with E-state index >= 15 is 0 Å². The van der Waals surface area contributed by atoms with Gasteiger partial charge in [0.05, 0.1) is 72.5 Å². The number of nitrogens with zero attached hydrogens (tertiary/aromatic N) is 3. The molecule has 0 aliphatic carbocycles. The summed E-state index contributed by atoms with van der Waals surface area (Å²) < 4.78 is 21.8. The molecule has 0 spiro atoms. The molecular formula is C29H54N4O9. The van der Waals surface area contributed by atoms with E-state index in [1.165, 1.54) is 0 Å². The van der Waals surface area contributed by atoms with Crippen LogP contribution in [0.5, 0.6) is 0 Å². The van der Waals surface area contributed by atoms with Gasteiger partial charge in [-0.15, -0.1) is 0 Å². The summed E-state index contributed by atoms with van der Waals surface area (Å²) in [6, 6.07) is 0. The molecule has 0 aromatic carbocycles. The number of carboxylic acid groups (broad SMARTS) is 1. The monoisotopic (exact) mass is 602 g/mol. The molecule has 42 heavy (non-hydrogen) atoms. The molecule has 0 aromatic heterocycles. The van der Waals surface area contributed by atoms with Crippen molar-refractivity contribution in [2.24, 2.45) is 11.8 Å². The molecule has 1 amide bonds. The van der Waals surface area contributed by atoms with E-state index in [1.54, 1.807) is 0 Å². The van der Waals surface area contributed by atoms with Crippen LogP contribution in [0.15, 0.2) is 0 Å². The van der Waals surface area contributed by atoms with Gasteiger partial charge >= 0.3 is 5.97 Å². The molecule has 0 bridgehead atoms. The third-order valence-corrected chi connectivity index (χ3v) is 6.77. The van der Waals surface area contributed by atoms with Crippen LogP contribution in [0, 0.1) is 11.8 Å². The number of nitrogens with one attached hydrogen (secondary N) is 1. The first-order valence-corrected chi connectivity index (χ1v) is 15.1. The fraction of sp³-hybridized carbons (Fsp3) is 0.862. The van der Waals surface area contributed by atoms with Gasteiger partial charge in [0.15, 0.2) is 0 Å². The van der Waals surface area contributed by atoms with E-state index in [9.17, 15) is 24.3 Å². The highest BCUT2D eigenvalue weighted by Crippen LogP contribution is 2.04. The molecule has 1 heterocycles. The zero-order chi connectivity index (χ0) is 31.2. The molecule has 0 saturated carbocycles. The number of ketones is 2. The first-order chi connectivity index (χ1) is 20.1. The van der Waals surface area contributed by atoms with Crippen molar-refractivity contribution in [1.29, 1.82) is 0 Å². The van der Waals surface area contributed by atoms with E-state index in [1.807, 2.05) is 42.4 Å². The van der Waals surface area contributed by atoms with Gasteiger partial charge in [-0.05, 0) is 0 Å². The third kappa shape index (κ3) is 20.0. The van der Waals surface area contributed by atoms with Crippen LogP contribution < -0.4 is 5.32 Å². The molecule has 0 radical (unpaired) electrons. The van der Waals surface area contributed by atoms with Crippen LogP contribution in [0.25, 0.3) is 0 Å². The van der Waals surface area contributed by atoms with Crippen molar-refractivity contribution in [2.75, 3.05) is 118 Å². The maximum absolute atomic E-state index is 12.5. The Hall–Kier alpha value is -2.00. The number of hydrogen-bond donors (Lipinski definition) is 2. The standard InChI is InChI=1S/C29H54N4O9/c1-24(2)26(34)5-13-39-15-17-41-19-20-42-18-16-40-14-6-30-28(36)22-32-9-7-31(21-27(35)25(3)4)8-11-33(12-10-32)23-29(37)38/h24-25H,5-23H2,1-4H3,(H,30,36)(H,37,38). The van der Waals surface area contributed by atoms with E-state index in [0.717, 1.165) is 0 Å². The summed E-state index contributed by atoms with van der Waals surface area (Å²) in [5, 5.41) is 12.1. The maximum Gasteiger partial charge on any atom is 0.317 e. The summed E-state index contributed by atoms with van der Waals surface area (Å²) in [6.07, 6.45) is 0.430. The SMILES string of the molecule is CC(C)C(=O)CCOCCOCCOCCOCCNC(=O)CN1CCN(CC(=O)O)CCN(CC(=O)C(C)C)CC1. The van der Waals surface area contributed by atoms with Crippen molar-refractivity contribution < 1.29 is 43.2 Å². The van der Waals surface area contributed by atoms with E-state index in [-0.39, 0.29) is 42.4 Å². The molecule has 13 nitrogen and oxygen atoms in total. The van der Waals surface area contributed by atoms with E-state index in [0.29, 0.717) is 112 Å². The van der Waals surface area contributed by atoms with Crippen LogP contribution in [0.1, 0.15) is 34.1 Å². The second-order valence-electron chi connectivity index (χ2n) is 11.0. The van der Waals surface area contributed by atoms with Crippen LogP contribution in [-0.4, -0.2) is 162 Å². The van der Waals surface area contributed by atoms with Crippen molar-refractivity contribution in [1.82, 2.24) is 20.0 Å². The Labute approximate surface area is 251 Å². The highest BCUT2D eigenvalue weighted by Gasteiger charge is 2.21. The number of amides is 1.